The van der Waals surface area contributed by atoms with Crippen molar-refractivity contribution in [1.29, 1.82) is 0 Å². The predicted molar refractivity (Wildman–Crippen MR) is 68.6 cm³/mol. The number of carbonyl (C=O) groups is 2. The normalized spacial score (nSPS) is 13.6. The molecule has 1 aliphatic carbocycles. The van der Waals surface area contributed by atoms with E-state index in [9.17, 15) is 9.59 Å². The molecule has 0 saturated heterocycles. The Morgan fingerprint density at radius 1 is 1.33 bits per heavy atom. The van der Waals surface area contributed by atoms with E-state index in [1.54, 1.807) is 6.92 Å². The van der Waals surface area contributed by atoms with Crippen LogP contribution < -0.4 is 10.9 Å². The average molecular weight is 268 g/mol. The summed E-state index contributed by atoms with van der Waals surface area (Å²) in [6, 6.07) is 1.92. The van der Waals surface area contributed by atoms with Gasteiger partial charge in [-0.25, -0.2) is 10.2 Å². The Labute approximate surface area is 109 Å². The second kappa shape index (κ2) is 5.86. The highest BCUT2D eigenvalue weighted by atomic mass is 32.1. The number of nitrogens with one attached hydrogen (secondary N) is 2. The second-order valence-corrected chi connectivity index (χ2v) is 5.20. The van der Waals surface area contributed by atoms with Crippen LogP contribution in [0.1, 0.15) is 39.9 Å². The summed E-state index contributed by atoms with van der Waals surface area (Å²) in [5, 5.41) is 0. The smallest absolute Gasteiger partial charge is 0.426 e. The Morgan fingerprint density at radius 3 is 2.83 bits per heavy atom. The Bertz CT molecular complexity index is 433. The van der Waals surface area contributed by atoms with Crippen LogP contribution in [0, 0.1) is 0 Å². The van der Waals surface area contributed by atoms with Crippen molar-refractivity contribution in [3.8, 4) is 0 Å². The molecule has 0 aliphatic heterocycles. The topological polar surface area (TPSA) is 67.4 Å². The largest absolute Gasteiger partial charge is 0.449 e. The lowest BCUT2D eigenvalue weighted by molar-refractivity contribution is 0.0916. The Kier molecular flexibility index (Phi) is 4.19. The van der Waals surface area contributed by atoms with Gasteiger partial charge in [-0.15, -0.1) is 11.3 Å². The molecule has 0 spiro atoms. The van der Waals surface area contributed by atoms with E-state index in [4.69, 9.17) is 0 Å². The predicted octanol–water partition coefficient (Wildman–Crippen LogP) is 2.02. The van der Waals surface area contributed by atoms with Gasteiger partial charge in [0, 0.05) is 4.88 Å². The maximum atomic E-state index is 11.8. The number of ether oxygens (including phenoxy) is 1. The summed E-state index contributed by atoms with van der Waals surface area (Å²) in [6.45, 7) is 1.98. The van der Waals surface area contributed by atoms with Crippen LogP contribution in [0.2, 0.25) is 0 Å². The molecule has 2 N–H and O–H groups in total. The number of hydrogen-bond acceptors (Lipinski definition) is 4. The van der Waals surface area contributed by atoms with Crippen molar-refractivity contribution < 1.29 is 14.3 Å². The first-order chi connectivity index (χ1) is 8.70. The van der Waals surface area contributed by atoms with Crippen LogP contribution in [-0.2, 0) is 17.6 Å². The molecule has 2 amide bonds. The molecule has 0 radical (unpaired) electrons. The quantitative estimate of drug-likeness (QED) is 0.806. The molecule has 0 aromatic carbocycles. The molecule has 2 rings (SSSR count). The molecule has 1 aromatic heterocycles. The molecule has 0 saturated carbocycles. The van der Waals surface area contributed by atoms with Gasteiger partial charge < -0.3 is 4.74 Å². The van der Waals surface area contributed by atoms with Crippen LogP contribution in [0.5, 0.6) is 0 Å². The highest BCUT2D eigenvalue weighted by Gasteiger charge is 2.17. The van der Waals surface area contributed by atoms with Crippen LogP contribution >= 0.6 is 11.3 Å². The summed E-state index contributed by atoms with van der Waals surface area (Å²) in [6.07, 6.45) is 3.83. The van der Waals surface area contributed by atoms with Crippen LogP contribution in [0.15, 0.2) is 6.07 Å². The molecule has 1 aromatic rings. The minimum absolute atomic E-state index is 0.273. The van der Waals surface area contributed by atoms with E-state index in [0.29, 0.717) is 4.88 Å². The van der Waals surface area contributed by atoms with Gasteiger partial charge in [-0.3, -0.25) is 10.2 Å². The third-order valence-electron chi connectivity index (χ3n) is 2.77. The van der Waals surface area contributed by atoms with Crippen molar-refractivity contribution >= 4 is 23.3 Å². The molecule has 0 bridgehead atoms. The summed E-state index contributed by atoms with van der Waals surface area (Å²) in [4.78, 5) is 24.8. The minimum Gasteiger partial charge on any atom is -0.449 e. The van der Waals surface area contributed by atoms with Gasteiger partial charge in [0.25, 0.3) is 5.91 Å². The molecule has 5 nitrogen and oxygen atoms in total. The number of hydrogen-bond donors (Lipinski definition) is 2. The number of carbonyl (C=O) groups excluding carboxylic acids is 2. The molecule has 1 heterocycles. The van der Waals surface area contributed by atoms with E-state index in [1.807, 2.05) is 6.07 Å². The molecular formula is C12H16N2O3S. The Hall–Kier alpha value is -1.56. The van der Waals surface area contributed by atoms with Gasteiger partial charge in [0.15, 0.2) is 0 Å². The van der Waals surface area contributed by atoms with Gasteiger partial charge in [-0.1, -0.05) is 0 Å². The SMILES string of the molecule is CCOC(=O)NNC(=O)c1cc2c(s1)CCCC2. The third-order valence-corrected chi connectivity index (χ3v) is 4.01. The van der Waals surface area contributed by atoms with Crippen molar-refractivity contribution in [1.82, 2.24) is 10.9 Å². The van der Waals surface area contributed by atoms with E-state index in [2.05, 4.69) is 15.6 Å². The summed E-state index contributed by atoms with van der Waals surface area (Å²) in [7, 11) is 0. The van der Waals surface area contributed by atoms with Gasteiger partial charge in [0.2, 0.25) is 0 Å². The third kappa shape index (κ3) is 3.01. The average Bonchev–Trinajstić information content (AvgIpc) is 2.80. The van der Waals surface area contributed by atoms with Gasteiger partial charge in [-0.2, -0.15) is 0 Å². The number of thiophene rings is 1. The molecule has 1 aliphatic rings. The van der Waals surface area contributed by atoms with Gasteiger partial charge in [-0.05, 0) is 44.2 Å². The second-order valence-electron chi connectivity index (χ2n) is 4.07. The van der Waals surface area contributed by atoms with Crippen LogP contribution in [-0.4, -0.2) is 18.6 Å². The lowest BCUT2D eigenvalue weighted by Gasteiger charge is -2.08. The standard InChI is InChI=1S/C12H16N2O3S/c1-2-17-12(16)14-13-11(15)10-7-8-5-3-4-6-9(8)18-10/h7H,2-6H2,1H3,(H,13,15)(H,14,16). The number of amides is 2. The van der Waals surface area contributed by atoms with Gasteiger partial charge >= 0.3 is 6.09 Å². The zero-order valence-corrected chi connectivity index (χ0v) is 11.1. The summed E-state index contributed by atoms with van der Waals surface area (Å²) in [5.41, 5.74) is 5.82. The van der Waals surface area contributed by atoms with E-state index < -0.39 is 6.09 Å². The fourth-order valence-electron chi connectivity index (χ4n) is 1.94. The maximum absolute atomic E-state index is 11.8. The molecule has 98 valence electrons. The number of rotatable bonds is 2. The van der Waals surface area contributed by atoms with Crippen LogP contribution in [0.3, 0.4) is 0 Å². The monoisotopic (exact) mass is 268 g/mol. The van der Waals surface area contributed by atoms with Crippen molar-refractivity contribution in [3.05, 3.63) is 21.4 Å². The van der Waals surface area contributed by atoms with E-state index >= 15 is 0 Å². The molecule has 0 fully saturated rings. The maximum Gasteiger partial charge on any atom is 0.426 e. The Morgan fingerprint density at radius 2 is 2.11 bits per heavy atom. The number of hydrazine groups is 1. The van der Waals surface area contributed by atoms with Crippen LogP contribution in [0.25, 0.3) is 0 Å². The lowest BCUT2D eigenvalue weighted by atomic mass is 9.99. The molecule has 18 heavy (non-hydrogen) atoms. The molecular weight excluding hydrogens is 252 g/mol. The minimum atomic E-state index is -0.646. The number of fused-ring (bicyclic) bond motifs is 1. The summed E-state index contributed by atoms with van der Waals surface area (Å²) < 4.78 is 4.65. The first-order valence-electron chi connectivity index (χ1n) is 6.05. The van der Waals surface area contributed by atoms with Crippen molar-refractivity contribution in [2.45, 2.75) is 32.6 Å². The molecule has 0 unspecified atom stereocenters. The van der Waals surface area contributed by atoms with E-state index in [0.717, 1.165) is 12.8 Å². The summed E-state index contributed by atoms with van der Waals surface area (Å²) in [5.74, 6) is -0.289. The first-order valence-corrected chi connectivity index (χ1v) is 6.87. The van der Waals surface area contributed by atoms with Gasteiger partial charge in [0.1, 0.15) is 0 Å². The highest BCUT2D eigenvalue weighted by molar-refractivity contribution is 7.14. The Balaban J connectivity index is 1.92. The number of aryl methyl sites for hydroxylation is 2. The van der Waals surface area contributed by atoms with E-state index in [-0.39, 0.29) is 12.5 Å². The fraction of sp³-hybridized carbons (Fsp3) is 0.500. The van der Waals surface area contributed by atoms with Gasteiger partial charge in [0.05, 0.1) is 11.5 Å². The van der Waals surface area contributed by atoms with Crippen molar-refractivity contribution in [2.24, 2.45) is 0 Å². The van der Waals surface area contributed by atoms with E-state index in [1.165, 1.54) is 34.6 Å². The summed E-state index contributed by atoms with van der Waals surface area (Å²) >= 11 is 1.50. The first kappa shape index (κ1) is 12.9. The zero-order chi connectivity index (χ0) is 13.0. The molecule has 6 heteroatoms. The van der Waals surface area contributed by atoms with Crippen LogP contribution in [0.4, 0.5) is 4.79 Å². The van der Waals surface area contributed by atoms with Crippen molar-refractivity contribution in [2.75, 3.05) is 6.61 Å². The van der Waals surface area contributed by atoms with Crippen molar-refractivity contribution in [3.63, 3.8) is 0 Å². The zero-order valence-electron chi connectivity index (χ0n) is 10.2. The molecule has 0 atom stereocenters. The fourth-order valence-corrected chi connectivity index (χ4v) is 3.09. The highest BCUT2D eigenvalue weighted by Crippen LogP contribution is 2.29. The lowest BCUT2D eigenvalue weighted by Crippen LogP contribution is -2.41.